The van der Waals surface area contributed by atoms with Crippen LogP contribution in [0.2, 0.25) is 5.02 Å². The van der Waals surface area contributed by atoms with Crippen molar-refractivity contribution in [2.75, 3.05) is 21.3 Å². The van der Waals surface area contributed by atoms with Gasteiger partial charge in [-0.1, -0.05) is 17.7 Å². The summed E-state index contributed by atoms with van der Waals surface area (Å²) in [5.74, 6) is 2.87. The maximum atomic E-state index is 6.45. The molecule has 2 heterocycles. The molecule has 7 heteroatoms. The van der Waals surface area contributed by atoms with Crippen molar-refractivity contribution in [2.24, 2.45) is 5.10 Å². The molecule has 0 N–H and O–H groups in total. The molecule has 164 valence electrons. The van der Waals surface area contributed by atoms with Gasteiger partial charge in [-0.15, -0.1) is 0 Å². The molecule has 2 aliphatic rings. The van der Waals surface area contributed by atoms with Crippen LogP contribution in [-0.2, 0) is 0 Å². The minimum absolute atomic E-state index is 0.0181. The minimum atomic E-state index is -0.477. The number of benzene rings is 3. The number of methoxy groups -OCH3 is 3. The van der Waals surface area contributed by atoms with Crippen molar-refractivity contribution in [3.8, 4) is 23.0 Å². The molecule has 0 unspecified atom stereocenters. The Balaban J connectivity index is 1.62. The monoisotopic (exact) mass is 450 g/mol. The molecule has 0 amide bonds. The molecular weight excluding hydrogens is 428 g/mol. The van der Waals surface area contributed by atoms with Gasteiger partial charge in [-0.3, -0.25) is 0 Å². The van der Waals surface area contributed by atoms with E-state index in [-0.39, 0.29) is 6.04 Å². The van der Waals surface area contributed by atoms with E-state index in [4.69, 9.17) is 35.6 Å². The quantitative estimate of drug-likeness (QED) is 0.505. The fourth-order valence-corrected chi connectivity index (χ4v) is 4.51. The lowest BCUT2D eigenvalue weighted by Gasteiger charge is -2.38. The fraction of sp³-hybridized carbons (Fsp3) is 0.240. The average molecular weight is 451 g/mol. The van der Waals surface area contributed by atoms with Gasteiger partial charge in [-0.2, -0.15) is 5.10 Å². The first-order valence-electron chi connectivity index (χ1n) is 10.3. The Labute approximate surface area is 191 Å². The van der Waals surface area contributed by atoms with Gasteiger partial charge in [0.05, 0.1) is 38.6 Å². The van der Waals surface area contributed by atoms with Crippen LogP contribution in [0.3, 0.4) is 0 Å². The summed E-state index contributed by atoms with van der Waals surface area (Å²) in [4.78, 5) is 0. The number of rotatable bonds is 5. The second-order valence-electron chi connectivity index (χ2n) is 7.61. The SMILES string of the molecule is COc1ccc(C2=NN3[C@H](C2)c2cc(Cl)ccc2O[C@H]3c2cccc(OC)c2OC)cc1. The molecule has 6 nitrogen and oxygen atoms in total. The van der Waals surface area contributed by atoms with Crippen LogP contribution in [0, 0.1) is 0 Å². The highest BCUT2D eigenvalue weighted by atomic mass is 35.5. The molecule has 0 saturated carbocycles. The first-order valence-corrected chi connectivity index (χ1v) is 10.7. The predicted molar refractivity (Wildman–Crippen MR) is 123 cm³/mol. The molecule has 0 radical (unpaired) electrons. The second-order valence-corrected chi connectivity index (χ2v) is 8.05. The van der Waals surface area contributed by atoms with Crippen molar-refractivity contribution < 1.29 is 18.9 Å². The largest absolute Gasteiger partial charge is 0.497 e. The van der Waals surface area contributed by atoms with E-state index in [2.05, 4.69) is 0 Å². The highest BCUT2D eigenvalue weighted by Gasteiger charge is 2.42. The van der Waals surface area contributed by atoms with E-state index in [0.717, 1.165) is 40.3 Å². The van der Waals surface area contributed by atoms with E-state index in [1.54, 1.807) is 21.3 Å². The van der Waals surface area contributed by atoms with Gasteiger partial charge in [0.2, 0.25) is 6.23 Å². The summed E-state index contributed by atoms with van der Waals surface area (Å²) in [5.41, 5.74) is 3.88. The molecule has 2 atom stereocenters. The van der Waals surface area contributed by atoms with Crippen molar-refractivity contribution in [1.82, 2.24) is 5.01 Å². The minimum Gasteiger partial charge on any atom is -0.497 e. The lowest BCUT2D eigenvalue weighted by Crippen LogP contribution is -2.34. The van der Waals surface area contributed by atoms with Gasteiger partial charge >= 0.3 is 0 Å². The van der Waals surface area contributed by atoms with Gasteiger partial charge in [0.25, 0.3) is 0 Å². The average Bonchev–Trinajstić information content (AvgIpc) is 3.29. The molecule has 5 rings (SSSR count). The van der Waals surface area contributed by atoms with Crippen molar-refractivity contribution in [1.29, 1.82) is 0 Å². The number of ether oxygens (including phenoxy) is 4. The van der Waals surface area contributed by atoms with Crippen LogP contribution in [-0.4, -0.2) is 32.0 Å². The van der Waals surface area contributed by atoms with E-state index in [0.29, 0.717) is 16.5 Å². The molecule has 32 heavy (non-hydrogen) atoms. The summed E-state index contributed by atoms with van der Waals surface area (Å²) in [6, 6.07) is 19.4. The molecule has 0 bridgehead atoms. The number of fused-ring (bicyclic) bond motifs is 3. The number of para-hydroxylation sites is 1. The maximum Gasteiger partial charge on any atom is 0.217 e. The summed E-state index contributed by atoms with van der Waals surface area (Å²) in [5, 5.41) is 7.66. The standard InChI is InChI=1S/C25H23ClN2O4/c1-29-17-10-7-15(8-11-17)20-14-21-19-13-16(26)9-12-22(19)32-25(28(21)27-20)18-5-4-6-23(30-2)24(18)31-3/h4-13,21,25H,14H2,1-3H3/t21-,25+/m1/s1. The van der Waals surface area contributed by atoms with Crippen LogP contribution in [0.15, 0.2) is 65.8 Å². The van der Waals surface area contributed by atoms with E-state index < -0.39 is 6.23 Å². The number of hydrazone groups is 1. The van der Waals surface area contributed by atoms with Gasteiger partial charge in [0.15, 0.2) is 11.5 Å². The highest BCUT2D eigenvalue weighted by molar-refractivity contribution is 6.30. The third kappa shape index (κ3) is 3.41. The molecule has 3 aromatic rings. The smallest absolute Gasteiger partial charge is 0.217 e. The maximum absolute atomic E-state index is 6.45. The molecule has 0 spiro atoms. The summed E-state index contributed by atoms with van der Waals surface area (Å²) < 4.78 is 23.0. The second kappa shape index (κ2) is 8.28. The molecule has 2 aliphatic heterocycles. The van der Waals surface area contributed by atoms with Crippen molar-refractivity contribution in [2.45, 2.75) is 18.7 Å². The fourth-order valence-electron chi connectivity index (χ4n) is 4.33. The van der Waals surface area contributed by atoms with Crippen LogP contribution in [0.25, 0.3) is 0 Å². The first kappa shape index (κ1) is 20.5. The van der Waals surface area contributed by atoms with E-state index in [9.17, 15) is 0 Å². The van der Waals surface area contributed by atoms with Gasteiger partial charge in [0.1, 0.15) is 11.5 Å². The normalized spacial score (nSPS) is 18.9. The Morgan fingerprint density at radius 3 is 2.47 bits per heavy atom. The molecular formula is C25H23ClN2O4. The molecule has 0 aromatic heterocycles. The van der Waals surface area contributed by atoms with Crippen LogP contribution in [0.4, 0.5) is 0 Å². The topological polar surface area (TPSA) is 52.5 Å². The van der Waals surface area contributed by atoms with Crippen molar-refractivity contribution in [3.63, 3.8) is 0 Å². The van der Waals surface area contributed by atoms with Gasteiger partial charge in [-0.05, 0) is 60.2 Å². The van der Waals surface area contributed by atoms with E-state index >= 15 is 0 Å². The molecule has 0 aliphatic carbocycles. The van der Waals surface area contributed by atoms with Gasteiger partial charge in [-0.25, -0.2) is 5.01 Å². The molecule has 0 fully saturated rings. The zero-order valence-corrected chi connectivity index (χ0v) is 18.8. The van der Waals surface area contributed by atoms with E-state index in [1.165, 1.54) is 0 Å². The third-order valence-corrected chi connectivity index (χ3v) is 6.11. The summed E-state index contributed by atoms with van der Waals surface area (Å²) >= 11 is 6.33. The Morgan fingerprint density at radius 2 is 1.75 bits per heavy atom. The van der Waals surface area contributed by atoms with Crippen molar-refractivity contribution >= 4 is 17.3 Å². The first-order chi connectivity index (χ1) is 15.6. The third-order valence-electron chi connectivity index (χ3n) is 5.87. The van der Waals surface area contributed by atoms with Gasteiger partial charge in [0, 0.05) is 17.0 Å². The van der Waals surface area contributed by atoms with Crippen molar-refractivity contribution in [3.05, 3.63) is 82.4 Å². The zero-order chi connectivity index (χ0) is 22.2. The van der Waals surface area contributed by atoms with Crippen LogP contribution in [0.5, 0.6) is 23.0 Å². The van der Waals surface area contributed by atoms with Crippen LogP contribution < -0.4 is 18.9 Å². The van der Waals surface area contributed by atoms with E-state index in [1.807, 2.05) is 65.7 Å². The Morgan fingerprint density at radius 1 is 0.938 bits per heavy atom. The summed E-state index contributed by atoms with van der Waals surface area (Å²) in [6.07, 6.45) is 0.251. The number of halogens is 1. The summed E-state index contributed by atoms with van der Waals surface area (Å²) in [7, 11) is 4.91. The van der Waals surface area contributed by atoms with Gasteiger partial charge < -0.3 is 18.9 Å². The molecule has 3 aromatic carbocycles. The Bertz CT molecular complexity index is 1180. The number of hydrogen-bond acceptors (Lipinski definition) is 6. The number of nitrogens with zero attached hydrogens (tertiary/aromatic N) is 2. The number of hydrogen-bond donors (Lipinski definition) is 0. The Kier molecular flexibility index (Phi) is 5.31. The van der Waals surface area contributed by atoms with Crippen LogP contribution >= 0.6 is 11.6 Å². The van der Waals surface area contributed by atoms with Crippen LogP contribution in [0.1, 0.15) is 35.4 Å². The summed E-state index contributed by atoms with van der Waals surface area (Å²) in [6.45, 7) is 0. The molecule has 0 saturated heterocycles. The zero-order valence-electron chi connectivity index (χ0n) is 18.0. The highest BCUT2D eigenvalue weighted by Crippen LogP contribution is 2.50. The lowest BCUT2D eigenvalue weighted by molar-refractivity contribution is -0.0205. The lowest BCUT2D eigenvalue weighted by atomic mass is 9.95. The predicted octanol–water partition coefficient (Wildman–Crippen LogP) is 5.61. The Hall–Kier alpha value is -3.38.